The number of hydrogen-bond acceptors (Lipinski definition) is 5. The summed E-state index contributed by atoms with van der Waals surface area (Å²) in [6, 6.07) is 2.99. The predicted molar refractivity (Wildman–Crippen MR) is 55.1 cm³/mol. The van der Waals surface area contributed by atoms with E-state index >= 15 is 0 Å². The van der Waals surface area contributed by atoms with Gasteiger partial charge in [0.25, 0.3) is 0 Å². The summed E-state index contributed by atoms with van der Waals surface area (Å²) >= 11 is 0. The molecule has 16 heavy (non-hydrogen) atoms. The molecule has 0 radical (unpaired) electrons. The number of amides is 1. The molecule has 0 aliphatic carbocycles. The molecule has 0 aliphatic heterocycles. The SMILES string of the molecule is CO/N=C(\C(=O)O)c1cccnc1NC=O. The highest BCUT2D eigenvalue weighted by Crippen LogP contribution is 2.12. The van der Waals surface area contributed by atoms with Crippen LogP contribution in [0.25, 0.3) is 0 Å². The Hall–Kier alpha value is -2.44. The first-order chi connectivity index (χ1) is 7.70. The van der Waals surface area contributed by atoms with E-state index in [-0.39, 0.29) is 17.1 Å². The molecule has 7 heteroatoms. The highest BCUT2D eigenvalue weighted by atomic mass is 16.6. The summed E-state index contributed by atoms with van der Waals surface area (Å²) in [5.41, 5.74) is -0.163. The monoisotopic (exact) mass is 223 g/mol. The van der Waals surface area contributed by atoms with Crippen molar-refractivity contribution in [3.8, 4) is 0 Å². The van der Waals surface area contributed by atoms with Crippen LogP contribution in [0.4, 0.5) is 5.82 Å². The Kier molecular flexibility index (Phi) is 3.96. The van der Waals surface area contributed by atoms with Gasteiger partial charge in [-0.2, -0.15) is 0 Å². The third-order valence-corrected chi connectivity index (χ3v) is 1.64. The number of carbonyl (C=O) groups excluding carboxylic acids is 1. The lowest BCUT2D eigenvalue weighted by molar-refractivity contribution is -0.129. The smallest absolute Gasteiger partial charge is 0.358 e. The first-order valence-corrected chi connectivity index (χ1v) is 4.20. The molecule has 0 unspecified atom stereocenters. The van der Waals surface area contributed by atoms with E-state index in [9.17, 15) is 9.59 Å². The standard InChI is InChI=1S/C9H9N3O4/c1-16-12-7(9(14)15)6-3-2-4-10-8(6)11-5-13/h2-5H,1H3,(H,14,15)(H,10,11,13)/b12-7-. The molecular formula is C9H9N3O4. The van der Waals surface area contributed by atoms with Crippen molar-refractivity contribution in [1.29, 1.82) is 0 Å². The molecule has 0 saturated heterocycles. The third-order valence-electron chi connectivity index (χ3n) is 1.64. The average Bonchev–Trinajstić information content (AvgIpc) is 2.27. The fourth-order valence-electron chi connectivity index (χ4n) is 1.06. The lowest BCUT2D eigenvalue weighted by atomic mass is 10.1. The van der Waals surface area contributed by atoms with Crippen molar-refractivity contribution < 1.29 is 19.5 Å². The van der Waals surface area contributed by atoms with E-state index in [1.165, 1.54) is 25.4 Å². The highest BCUT2D eigenvalue weighted by Gasteiger charge is 2.17. The largest absolute Gasteiger partial charge is 0.476 e. The van der Waals surface area contributed by atoms with E-state index in [1.807, 2.05) is 0 Å². The maximum absolute atomic E-state index is 10.9. The molecule has 1 aromatic rings. The van der Waals surface area contributed by atoms with E-state index in [0.717, 1.165) is 0 Å². The minimum Gasteiger partial charge on any atom is -0.476 e. The maximum Gasteiger partial charge on any atom is 0.358 e. The van der Waals surface area contributed by atoms with Gasteiger partial charge in [0.15, 0.2) is 5.71 Å². The van der Waals surface area contributed by atoms with E-state index in [4.69, 9.17) is 5.11 Å². The van der Waals surface area contributed by atoms with Crippen LogP contribution in [0.1, 0.15) is 5.56 Å². The quantitative estimate of drug-likeness (QED) is 0.418. The molecule has 1 aromatic heterocycles. The Morgan fingerprint density at radius 1 is 1.69 bits per heavy atom. The number of nitrogens with zero attached hydrogens (tertiary/aromatic N) is 2. The normalized spacial score (nSPS) is 10.7. The number of rotatable bonds is 5. The Morgan fingerprint density at radius 3 is 3.00 bits per heavy atom. The number of aromatic nitrogens is 1. The number of hydrogen-bond donors (Lipinski definition) is 2. The van der Waals surface area contributed by atoms with Crippen molar-refractivity contribution in [2.24, 2.45) is 5.16 Å². The predicted octanol–water partition coefficient (Wildman–Crippen LogP) is 0.0850. The van der Waals surface area contributed by atoms with Gasteiger partial charge in [-0.05, 0) is 12.1 Å². The van der Waals surface area contributed by atoms with Crippen LogP contribution in [-0.2, 0) is 14.4 Å². The molecule has 2 N–H and O–H groups in total. The van der Waals surface area contributed by atoms with E-state index in [1.54, 1.807) is 0 Å². The van der Waals surface area contributed by atoms with Crippen molar-refractivity contribution in [3.05, 3.63) is 23.9 Å². The molecule has 0 spiro atoms. The maximum atomic E-state index is 10.9. The van der Waals surface area contributed by atoms with Crippen molar-refractivity contribution >= 4 is 23.9 Å². The third kappa shape index (κ3) is 2.53. The Balaban J connectivity index is 3.23. The summed E-state index contributed by atoms with van der Waals surface area (Å²) in [4.78, 5) is 29.4. The van der Waals surface area contributed by atoms with Crippen LogP contribution in [0.15, 0.2) is 23.5 Å². The van der Waals surface area contributed by atoms with Gasteiger partial charge >= 0.3 is 5.97 Å². The number of nitrogens with one attached hydrogen (secondary N) is 1. The minimum absolute atomic E-state index is 0.107. The van der Waals surface area contributed by atoms with Crippen molar-refractivity contribution in [2.75, 3.05) is 12.4 Å². The molecule has 1 rings (SSSR count). The Labute approximate surface area is 90.7 Å². The fraction of sp³-hybridized carbons (Fsp3) is 0.111. The number of anilines is 1. The molecule has 0 fully saturated rings. The molecule has 0 bridgehead atoms. The van der Waals surface area contributed by atoms with Crippen molar-refractivity contribution in [2.45, 2.75) is 0 Å². The number of carboxylic acid groups (broad SMARTS) is 1. The molecule has 0 saturated carbocycles. The Bertz CT molecular complexity index is 431. The summed E-state index contributed by atoms with van der Waals surface area (Å²) in [6.45, 7) is 0. The van der Waals surface area contributed by atoms with Gasteiger partial charge in [-0.1, -0.05) is 5.16 Å². The first-order valence-electron chi connectivity index (χ1n) is 4.20. The zero-order valence-electron chi connectivity index (χ0n) is 8.38. The fourth-order valence-corrected chi connectivity index (χ4v) is 1.06. The van der Waals surface area contributed by atoms with E-state index in [2.05, 4.69) is 20.3 Å². The van der Waals surface area contributed by atoms with Gasteiger partial charge in [0, 0.05) is 6.20 Å². The number of aliphatic carboxylic acids is 1. The number of pyridine rings is 1. The molecule has 1 amide bonds. The lowest BCUT2D eigenvalue weighted by Crippen LogP contribution is -2.17. The lowest BCUT2D eigenvalue weighted by Gasteiger charge is -2.05. The van der Waals surface area contributed by atoms with Crippen LogP contribution in [0.3, 0.4) is 0 Å². The van der Waals surface area contributed by atoms with Gasteiger partial charge in [-0.15, -0.1) is 0 Å². The molecule has 0 atom stereocenters. The van der Waals surface area contributed by atoms with Crippen LogP contribution in [0, 0.1) is 0 Å². The van der Waals surface area contributed by atoms with E-state index < -0.39 is 5.97 Å². The summed E-state index contributed by atoms with van der Waals surface area (Å²) in [5, 5.41) is 14.5. The van der Waals surface area contributed by atoms with Gasteiger partial charge in [0.05, 0.1) is 5.56 Å². The number of carboxylic acids is 1. The van der Waals surface area contributed by atoms with Gasteiger partial charge in [-0.25, -0.2) is 9.78 Å². The zero-order valence-corrected chi connectivity index (χ0v) is 8.38. The highest BCUT2D eigenvalue weighted by molar-refractivity contribution is 6.43. The van der Waals surface area contributed by atoms with Gasteiger partial charge in [0.2, 0.25) is 6.41 Å². The van der Waals surface area contributed by atoms with Crippen LogP contribution in [0.5, 0.6) is 0 Å². The van der Waals surface area contributed by atoms with Gasteiger partial charge in [-0.3, -0.25) is 4.79 Å². The molecule has 7 nitrogen and oxygen atoms in total. The van der Waals surface area contributed by atoms with Gasteiger partial charge < -0.3 is 15.3 Å². The second-order valence-electron chi connectivity index (χ2n) is 2.59. The summed E-state index contributed by atoms with van der Waals surface area (Å²) in [6.07, 6.45) is 1.82. The van der Waals surface area contributed by atoms with Crippen LogP contribution in [-0.4, -0.2) is 35.3 Å². The van der Waals surface area contributed by atoms with Crippen LogP contribution >= 0.6 is 0 Å². The molecule has 0 aliphatic rings. The summed E-state index contributed by atoms with van der Waals surface area (Å²) < 4.78 is 0. The molecule has 84 valence electrons. The topological polar surface area (TPSA) is 101 Å². The van der Waals surface area contributed by atoms with Crippen LogP contribution in [0.2, 0.25) is 0 Å². The second kappa shape index (κ2) is 5.44. The van der Waals surface area contributed by atoms with E-state index in [0.29, 0.717) is 6.41 Å². The number of oxime groups is 1. The molecular weight excluding hydrogens is 214 g/mol. The molecule has 1 heterocycles. The Morgan fingerprint density at radius 2 is 2.44 bits per heavy atom. The van der Waals surface area contributed by atoms with Crippen molar-refractivity contribution in [1.82, 2.24) is 4.98 Å². The second-order valence-corrected chi connectivity index (χ2v) is 2.59. The minimum atomic E-state index is -1.27. The first kappa shape index (κ1) is 11.6. The summed E-state index contributed by atoms with van der Waals surface area (Å²) in [5.74, 6) is -1.17. The average molecular weight is 223 g/mol. The zero-order chi connectivity index (χ0) is 12.0. The van der Waals surface area contributed by atoms with Crippen LogP contribution < -0.4 is 5.32 Å². The van der Waals surface area contributed by atoms with Crippen molar-refractivity contribution in [3.63, 3.8) is 0 Å². The summed E-state index contributed by atoms with van der Waals surface area (Å²) in [7, 11) is 1.23. The molecule has 0 aromatic carbocycles. The number of carbonyl (C=O) groups is 2. The van der Waals surface area contributed by atoms with Gasteiger partial charge in [0.1, 0.15) is 12.9 Å².